The summed E-state index contributed by atoms with van der Waals surface area (Å²) in [5, 5.41) is 0. The van der Waals surface area contributed by atoms with E-state index >= 15 is 0 Å². The first-order valence-corrected chi connectivity index (χ1v) is 7.16. The molecule has 1 aromatic carbocycles. The molecule has 0 bridgehead atoms. The summed E-state index contributed by atoms with van der Waals surface area (Å²) in [5.74, 6) is 0.464. The monoisotopic (exact) mass is 270 g/mol. The topological polar surface area (TPSA) is 56.7 Å². The average Bonchev–Trinajstić information content (AvgIpc) is 2.73. The minimum Gasteiger partial charge on any atom is -0.369 e. The molecule has 0 aliphatic rings. The van der Waals surface area contributed by atoms with Crippen LogP contribution in [-0.4, -0.2) is 20.8 Å². The Morgan fingerprint density at radius 1 is 1.26 bits per heavy atom. The number of aryl methyl sites for hydroxylation is 1. The molecular weight excluding hydrogens is 256 g/mol. The van der Waals surface area contributed by atoms with Gasteiger partial charge in [-0.25, -0.2) is 9.97 Å². The zero-order valence-corrected chi connectivity index (χ0v) is 11.6. The number of fused-ring (bicyclic) bond motifs is 1. The summed E-state index contributed by atoms with van der Waals surface area (Å²) in [6, 6.07) is 10.2. The van der Waals surface area contributed by atoms with Crippen molar-refractivity contribution >= 4 is 28.9 Å². The second kappa shape index (κ2) is 4.59. The maximum absolute atomic E-state index is 6.03. The van der Waals surface area contributed by atoms with E-state index in [4.69, 9.17) is 5.73 Å². The van der Waals surface area contributed by atoms with Crippen LogP contribution in [0.2, 0.25) is 0 Å². The fourth-order valence-electron chi connectivity index (χ4n) is 2.09. The Bertz CT molecular complexity index is 748. The van der Waals surface area contributed by atoms with Crippen molar-refractivity contribution in [2.45, 2.75) is 11.8 Å². The number of benzene rings is 1. The van der Waals surface area contributed by atoms with Crippen molar-refractivity contribution in [2.24, 2.45) is 0 Å². The minimum atomic E-state index is 0.464. The number of anilines is 1. The molecular formula is C14H14N4S. The molecule has 0 aliphatic carbocycles. The van der Waals surface area contributed by atoms with Gasteiger partial charge in [-0.05, 0) is 43.0 Å². The van der Waals surface area contributed by atoms with Crippen molar-refractivity contribution < 1.29 is 0 Å². The lowest BCUT2D eigenvalue weighted by Crippen LogP contribution is -2.01. The summed E-state index contributed by atoms with van der Waals surface area (Å²) in [4.78, 5) is 10.0. The third-order valence-corrected chi connectivity index (χ3v) is 3.70. The highest BCUT2D eigenvalue weighted by molar-refractivity contribution is 7.98. The quantitative estimate of drug-likeness (QED) is 0.727. The third kappa shape index (κ3) is 2.06. The number of nitrogens with two attached hydrogens (primary N) is 1. The SMILES string of the molecule is CSc1cccc(-n2c(N)nc3cc(C)cnc32)c1. The van der Waals surface area contributed by atoms with Crippen LogP contribution < -0.4 is 5.73 Å². The van der Waals surface area contributed by atoms with Gasteiger partial charge in [-0.3, -0.25) is 4.57 Å². The molecule has 0 saturated heterocycles. The van der Waals surface area contributed by atoms with Gasteiger partial charge in [0.15, 0.2) is 5.65 Å². The Hall–Kier alpha value is -2.01. The number of nitrogen functional groups attached to an aromatic ring is 1. The fourth-order valence-corrected chi connectivity index (χ4v) is 2.54. The zero-order valence-electron chi connectivity index (χ0n) is 10.8. The smallest absolute Gasteiger partial charge is 0.207 e. The lowest BCUT2D eigenvalue weighted by Gasteiger charge is -2.07. The summed E-state index contributed by atoms with van der Waals surface area (Å²) >= 11 is 1.70. The van der Waals surface area contributed by atoms with Gasteiger partial charge in [0.25, 0.3) is 0 Å². The van der Waals surface area contributed by atoms with Gasteiger partial charge in [-0.1, -0.05) is 6.07 Å². The van der Waals surface area contributed by atoms with Crippen LogP contribution in [0.3, 0.4) is 0 Å². The molecule has 3 aromatic rings. The number of nitrogens with zero attached hydrogens (tertiary/aromatic N) is 3. The predicted molar refractivity (Wildman–Crippen MR) is 79.8 cm³/mol. The Morgan fingerprint density at radius 2 is 2.11 bits per heavy atom. The first kappa shape index (κ1) is 12.0. The van der Waals surface area contributed by atoms with Crippen molar-refractivity contribution in [2.75, 3.05) is 12.0 Å². The highest BCUT2D eigenvalue weighted by atomic mass is 32.2. The Kier molecular flexibility index (Phi) is 2.91. The lowest BCUT2D eigenvalue weighted by molar-refractivity contribution is 1.07. The van der Waals surface area contributed by atoms with E-state index in [2.05, 4.69) is 28.4 Å². The highest BCUT2D eigenvalue weighted by Gasteiger charge is 2.11. The molecule has 19 heavy (non-hydrogen) atoms. The molecule has 5 heteroatoms. The Balaban J connectivity index is 2.26. The summed E-state index contributed by atoms with van der Waals surface area (Å²) in [5.41, 5.74) is 9.72. The van der Waals surface area contributed by atoms with Gasteiger partial charge < -0.3 is 5.73 Å². The number of aromatic nitrogens is 3. The third-order valence-electron chi connectivity index (χ3n) is 2.97. The summed E-state index contributed by atoms with van der Waals surface area (Å²) in [6.45, 7) is 2.00. The van der Waals surface area contributed by atoms with Gasteiger partial charge >= 0.3 is 0 Å². The fraction of sp³-hybridized carbons (Fsp3) is 0.143. The molecule has 0 aliphatic heterocycles. The second-order valence-corrected chi connectivity index (χ2v) is 5.24. The van der Waals surface area contributed by atoms with Crippen LogP contribution >= 0.6 is 11.8 Å². The molecule has 2 heterocycles. The molecule has 0 saturated carbocycles. The maximum atomic E-state index is 6.03. The van der Waals surface area contributed by atoms with Crippen LogP contribution in [0, 0.1) is 6.92 Å². The molecule has 0 radical (unpaired) electrons. The molecule has 2 N–H and O–H groups in total. The molecule has 0 atom stereocenters. The van der Waals surface area contributed by atoms with Gasteiger partial charge in [0, 0.05) is 11.1 Å². The number of imidazole rings is 1. The van der Waals surface area contributed by atoms with Gasteiger partial charge in [0.2, 0.25) is 5.95 Å². The van der Waals surface area contributed by atoms with E-state index in [1.807, 2.05) is 35.9 Å². The number of rotatable bonds is 2. The highest BCUT2D eigenvalue weighted by Crippen LogP contribution is 2.24. The number of thioether (sulfide) groups is 1. The first-order valence-electron chi connectivity index (χ1n) is 5.94. The zero-order chi connectivity index (χ0) is 13.4. The molecule has 0 unspecified atom stereocenters. The van der Waals surface area contributed by atoms with Gasteiger partial charge in [-0.15, -0.1) is 11.8 Å². The normalized spacial score (nSPS) is 11.1. The summed E-state index contributed by atoms with van der Waals surface area (Å²) in [6.07, 6.45) is 3.88. The van der Waals surface area contributed by atoms with Crippen LogP contribution in [0.4, 0.5) is 5.95 Å². The van der Waals surface area contributed by atoms with Crippen LogP contribution in [0.5, 0.6) is 0 Å². The summed E-state index contributed by atoms with van der Waals surface area (Å²) < 4.78 is 1.88. The van der Waals surface area contributed by atoms with Gasteiger partial charge in [0.1, 0.15) is 5.52 Å². The van der Waals surface area contributed by atoms with Crippen molar-refractivity contribution in [3.8, 4) is 5.69 Å². The second-order valence-electron chi connectivity index (χ2n) is 4.36. The largest absolute Gasteiger partial charge is 0.369 e. The van der Waals surface area contributed by atoms with E-state index in [0.29, 0.717) is 5.95 Å². The van der Waals surface area contributed by atoms with Gasteiger partial charge in [0.05, 0.1) is 5.69 Å². The van der Waals surface area contributed by atoms with Crippen LogP contribution in [0.1, 0.15) is 5.56 Å². The van der Waals surface area contributed by atoms with E-state index in [0.717, 1.165) is 22.4 Å². The van der Waals surface area contributed by atoms with Gasteiger partial charge in [-0.2, -0.15) is 0 Å². The molecule has 96 valence electrons. The van der Waals surface area contributed by atoms with E-state index in [1.54, 1.807) is 11.8 Å². The molecule has 4 nitrogen and oxygen atoms in total. The standard InChI is InChI=1S/C14H14N4S/c1-9-6-12-13(16-8-9)18(14(15)17-12)10-4-3-5-11(7-10)19-2/h3-8H,1-2H3,(H2,15,17). The minimum absolute atomic E-state index is 0.464. The Morgan fingerprint density at radius 3 is 2.89 bits per heavy atom. The van der Waals surface area contributed by atoms with Crippen molar-refractivity contribution in [1.82, 2.24) is 14.5 Å². The summed E-state index contributed by atoms with van der Waals surface area (Å²) in [7, 11) is 0. The number of hydrogen-bond acceptors (Lipinski definition) is 4. The van der Waals surface area contributed by atoms with E-state index in [1.165, 1.54) is 4.90 Å². The van der Waals surface area contributed by atoms with E-state index in [-0.39, 0.29) is 0 Å². The molecule has 2 aromatic heterocycles. The van der Waals surface area contributed by atoms with Crippen LogP contribution in [0.15, 0.2) is 41.4 Å². The predicted octanol–water partition coefficient (Wildman–Crippen LogP) is 3.03. The van der Waals surface area contributed by atoms with Crippen LogP contribution in [0.25, 0.3) is 16.9 Å². The molecule has 0 fully saturated rings. The molecule has 0 amide bonds. The van der Waals surface area contributed by atoms with Crippen LogP contribution in [-0.2, 0) is 0 Å². The Labute approximate surface area is 115 Å². The molecule has 3 rings (SSSR count). The van der Waals surface area contributed by atoms with Crippen molar-refractivity contribution in [1.29, 1.82) is 0 Å². The average molecular weight is 270 g/mol. The first-order chi connectivity index (χ1) is 9.19. The molecule has 0 spiro atoms. The number of hydrogen-bond donors (Lipinski definition) is 1. The number of pyridine rings is 1. The van der Waals surface area contributed by atoms with Crippen molar-refractivity contribution in [3.05, 3.63) is 42.1 Å². The van der Waals surface area contributed by atoms with E-state index < -0.39 is 0 Å². The van der Waals surface area contributed by atoms with Crippen molar-refractivity contribution in [3.63, 3.8) is 0 Å². The lowest BCUT2D eigenvalue weighted by atomic mass is 10.3. The maximum Gasteiger partial charge on any atom is 0.207 e. The van der Waals surface area contributed by atoms with E-state index in [9.17, 15) is 0 Å².